The van der Waals surface area contributed by atoms with Gasteiger partial charge in [-0.25, -0.2) is 9.78 Å². The molecule has 0 aromatic carbocycles. The van der Waals surface area contributed by atoms with Crippen LogP contribution in [0.2, 0.25) is 0 Å². The number of hydrogen-bond acceptors (Lipinski definition) is 4. The van der Waals surface area contributed by atoms with Gasteiger partial charge < -0.3 is 15.7 Å². The van der Waals surface area contributed by atoms with Crippen molar-refractivity contribution in [2.24, 2.45) is 5.92 Å². The SMILES string of the molecule is CCC(CC)CN(CC)c1ncc(C(=O)O)cc1N. The van der Waals surface area contributed by atoms with Crippen LogP contribution >= 0.6 is 0 Å². The molecule has 0 aliphatic heterocycles. The van der Waals surface area contributed by atoms with Crippen LogP contribution in [0.1, 0.15) is 44.0 Å². The Morgan fingerprint density at radius 2 is 2.05 bits per heavy atom. The van der Waals surface area contributed by atoms with Crippen molar-refractivity contribution in [2.45, 2.75) is 33.6 Å². The van der Waals surface area contributed by atoms with Gasteiger partial charge in [-0.1, -0.05) is 26.7 Å². The van der Waals surface area contributed by atoms with Crippen LogP contribution < -0.4 is 10.6 Å². The van der Waals surface area contributed by atoms with Gasteiger partial charge in [0.25, 0.3) is 0 Å². The Kier molecular flexibility index (Phi) is 5.60. The Labute approximate surface area is 114 Å². The maximum Gasteiger partial charge on any atom is 0.337 e. The van der Waals surface area contributed by atoms with Crippen molar-refractivity contribution in [1.29, 1.82) is 0 Å². The number of nitrogen functional groups attached to an aromatic ring is 1. The number of pyridine rings is 1. The van der Waals surface area contributed by atoms with Crippen molar-refractivity contribution in [3.8, 4) is 0 Å². The first-order valence-corrected chi connectivity index (χ1v) is 6.77. The summed E-state index contributed by atoms with van der Waals surface area (Å²) >= 11 is 0. The molecule has 0 fully saturated rings. The molecule has 106 valence electrons. The normalized spacial score (nSPS) is 10.7. The Balaban J connectivity index is 2.95. The van der Waals surface area contributed by atoms with E-state index in [1.807, 2.05) is 0 Å². The van der Waals surface area contributed by atoms with Gasteiger partial charge in [0.2, 0.25) is 0 Å². The van der Waals surface area contributed by atoms with E-state index in [9.17, 15) is 4.79 Å². The molecule has 0 bridgehead atoms. The fourth-order valence-electron chi connectivity index (χ4n) is 2.08. The second-order valence-corrected chi connectivity index (χ2v) is 4.66. The summed E-state index contributed by atoms with van der Waals surface area (Å²) in [5.74, 6) is 0.272. The van der Waals surface area contributed by atoms with Gasteiger partial charge in [-0.05, 0) is 18.9 Å². The lowest BCUT2D eigenvalue weighted by Crippen LogP contribution is -2.30. The first-order valence-electron chi connectivity index (χ1n) is 6.77. The largest absolute Gasteiger partial charge is 0.478 e. The smallest absolute Gasteiger partial charge is 0.337 e. The molecule has 1 rings (SSSR count). The van der Waals surface area contributed by atoms with E-state index in [2.05, 4.69) is 30.7 Å². The van der Waals surface area contributed by atoms with Crippen molar-refractivity contribution < 1.29 is 9.90 Å². The van der Waals surface area contributed by atoms with Gasteiger partial charge in [0.05, 0.1) is 11.3 Å². The van der Waals surface area contributed by atoms with E-state index >= 15 is 0 Å². The molecule has 5 nitrogen and oxygen atoms in total. The monoisotopic (exact) mass is 265 g/mol. The summed E-state index contributed by atoms with van der Waals surface area (Å²) < 4.78 is 0. The Morgan fingerprint density at radius 1 is 1.42 bits per heavy atom. The van der Waals surface area contributed by atoms with Crippen molar-refractivity contribution in [2.75, 3.05) is 23.7 Å². The molecule has 0 saturated heterocycles. The fourth-order valence-corrected chi connectivity index (χ4v) is 2.08. The molecule has 0 saturated carbocycles. The quantitative estimate of drug-likeness (QED) is 0.792. The van der Waals surface area contributed by atoms with Crippen LogP contribution in [0, 0.1) is 5.92 Å². The second kappa shape index (κ2) is 6.97. The van der Waals surface area contributed by atoms with Gasteiger partial charge in [-0.15, -0.1) is 0 Å². The molecular weight excluding hydrogens is 242 g/mol. The van der Waals surface area contributed by atoms with Crippen LogP contribution in [0.25, 0.3) is 0 Å². The molecule has 0 aliphatic rings. The fraction of sp³-hybridized carbons (Fsp3) is 0.571. The zero-order chi connectivity index (χ0) is 14.4. The Hall–Kier alpha value is -1.78. The average Bonchev–Trinajstić information content (AvgIpc) is 2.41. The van der Waals surface area contributed by atoms with E-state index in [1.54, 1.807) is 0 Å². The van der Waals surface area contributed by atoms with Gasteiger partial charge >= 0.3 is 5.97 Å². The number of carbonyl (C=O) groups is 1. The molecule has 0 unspecified atom stereocenters. The predicted molar refractivity (Wildman–Crippen MR) is 77.6 cm³/mol. The minimum atomic E-state index is -1.01. The number of aromatic nitrogens is 1. The summed E-state index contributed by atoms with van der Waals surface area (Å²) in [6, 6.07) is 1.47. The first kappa shape index (κ1) is 15.3. The number of anilines is 2. The molecule has 0 aliphatic carbocycles. The van der Waals surface area contributed by atoms with Crippen LogP contribution in [0.4, 0.5) is 11.5 Å². The van der Waals surface area contributed by atoms with Crippen molar-refractivity contribution in [1.82, 2.24) is 4.98 Å². The third-order valence-electron chi connectivity index (χ3n) is 3.46. The van der Waals surface area contributed by atoms with Gasteiger partial charge in [-0.3, -0.25) is 0 Å². The number of hydrogen-bond donors (Lipinski definition) is 2. The van der Waals surface area contributed by atoms with E-state index in [1.165, 1.54) is 12.3 Å². The lowest BCUT2D eigenvalue weighted by molar-refractivity contribution is 0.0696. The summed E-state index contributed by atoms with van der Waals surface area (Å²) in [7, 11) is 0. The molecular formula is C14H23N3O2. The minimum absolute atomic E-state index is 0.125. The average molecular weight is 265 g/mol. The van der Waals surface area contributed by atoms with Crippen LogP contribution in [-0.2, 0) is 0 Å². The van der Waals surface area contributed by atoms with Crippen molar-refractivity contribution in [3.05, 3.63) is 17.8 Å². The van der Waals surface area contributed by atoms with Gasteiger partial charge in [0.15, 0.2) is 5.82 Å². The number of nitrogens with two attached hydrogens (primary N) is 1. The van der Waals surface area contributed by atoms with E-state index in [0.717, 1.165) is 25.9 Å². The lowest BCUT2D eigenvalue weighted by Gasteiger charge is -2.27. The molecule has 0 atom stereocenters. The number of rotatable bonds is 7. The highest BCUT2D eigenvalue weighted by Gasteiger charge is 2.15. The minimum Gasteiger partial charge on any atom is -0.478 e. The maximum atomic E-state index is 10.9. The number of nitrogens with zero attached hydrogens (tertiary/aromatic N) is 2. The topological polar surface area (TPSA) is 79.5 Å². The summed E-state index contributed by atoms with van der Waals surface area (Å²) in [6.07, 6.45) is 3.59. The van der Waals surface area contributed by atoms with Gasteiger partial charge in [0, 0.05) is 19.3 Å². The molecule has 1 aromatic heterocycles. The molecule has 1 heterocycles. The Morgan fingerprint density at radius 3 is 2.47 bits per heavy atom. The third kappa shape index (κ3) is 3.84. The lowest BCUT2D eigenvalue weighted by atomic mass is 10.0. The highest BCUT2D eigenvalue weighted by atomic mass is 16.4. The van der Waals surface area contributed by atoms with Crippen LogP contribution in [-0.4, -0.2) is 29.1 Å². The summed E-state index contributed by atoms with van der Waals surface area (Å²) in [4.78, 5) is 17.2. The third-order valence-corrected chi connectivity index (χ3v) is 3.46. The predicted octanol–water partition coefficient (Wildman–Crippen LogP) is 2.62. The number of carboxylic acids is 1. The Bertz CT molecular complexity index is 431. The molecule has 0 radical (unpaired) electrons. The summed E-state index contributed by atoms with van der Waals surface area (Å²) in [5.41, 5.74) is 6.48. The highest BCUT2D eigenvalue weighted by molar-refractivity contribution is 5.89. The molecule has 3 N–H and O–H groups in total. The van der Waals surface area contributed by atoms with E-state index < -0.39 is 5.97 Å². The molecule has 0 amide bonds. The van der Waals surface area contributed by atoms with Crippen molar-refractivity contribution >= 4 is 17.5 Å². The maximum absolute atomic E-state index is 10.9. The van der Waals surface area contributed by atoms with Crippen LogP contribution in [0.15, 0.2) is 12.3 Å². The standard InChI is InChI=1S/C14H23N3O2/c1-4-10(5-2)9-17(6-3)13-12(15)7-11(8-16-13)14(18)19/h7-8,10H,4-6,9,15H2,1-3H3,(H,18,19). The van der Waals surface area contributed by atoms with Gasteiger partial charge in [-0.2, -0.15) is 0 Å². The van der Waals surface area contributed by atoms with E-state index in [0.29, 0.717) is 17.4 Å². The number of aromatic carboxylic acids is 1. The molecule has 19 heavy (non-hydrogen) atoms. The molecule has 1 aromatic rings. The zero-order valence-corrected chi connectivity index (χ0v) is 11.9. The second-order valence-electron chi connectivity index (χ2n) is 4.66. The van der Waals surface area contributed by atoms with E-state index in [-0.39, 0.29) is 5.56 Å². The van der Waals surface area contributed by atoms with Gasteiger partial charge in [0.1, 0.15) is 0 Å². The summed E-state index contributed by atoms with van der Waals surface area (Å²) in [6.45, 7) is 8.10. The van der Waals surface area contributed by atoms with Crippen LogP contribution in [0.5, 0.6) is 0 Å². The summed E-state index contributed by atoms with van der Waals surface area (Å²) in [5, 5.41) is 8.91. The van der Waals surface area contributed by atoms with Crippen molar-refractivity contribution in [3.63, 3.8) is 0 Å². The number of carboxylic acid groups (broad SMARTS) is 1. The van der Waals surface area contributed by atoms with Crippen LogP contribution in [0.3, 0.4) is 0 Å². The molecule has 0 spiro atoms. The van der Waals surface area contributed by atoms with E-state index in [4.69, 9.17) is 10.8 Å². The molecule has 5 heteroatoms. The highest BCUT2D eigenvalue weighted by Crippen LogP contribution is 2.23. The zero-order valence-electron chi connectivity index (χ0n) is 11.9. The first-order chi connectivity index (χ1) is 9.03.